The molecule has 2 heterocycles. The van der Waals surface area contributed by atoms with E-state index < -0.39 is 10.0 Å². The topological polar surface area (TPSA) is 62.7 Å². The maximum Gasteiger partial charge on any atom is 0.243 e. The minimum Gasteiger partial charge on any atom is -0.490 e. The third-order valence-electron chi connectivity index (χ3n) is 7.56. The van der Waals surface area contributed by atoms with Gasteiger partial charge < -0.3 is 4.74 Å². The molecule has 0 amide bonds. The third-order valence-corrected chi connectivity index (χ3v) is 9.45. The van der Waals surface area contributed by atoms with Crippen molar-refractivity contribution in [3.63, 3.8) is 0 Å². The molecule has 6 nitrogen and oxygen atoms in total. The van der Waals surface area contributed by atoms with Crippen LogP contribution in [0.4, 0.5) is 0 Å². The van der Waals surface area contributed by atoms with E-state index in [-0.39, 0.29) is 6.10 Å². The molecule has 6 rings (SSSR count). The predicted molar refractivity (Wildman–Crippen MR) is 160 cm³/mol. The Hall–Kier alpha value is -3.78. The van der Waals surface area contributed by atoms with Gasteiger partial charge in [0.05, 0.1) is 10.4 Å². The number of aromatic nitrogens is 1. The number of rotatable bonds is 8. The molecule has 0 bridgehead atoms. The number of hydrogen-bond donors (Lipinski definition) is 0. The SMILES string of the molecule is CN(Cc1ccc(OC2CCN(S(=O)(=O)c3ccc4ccccc4c3)CC2)cc1)Cc1ccc2ncccc2c1. The number of sulfonamides is 1. The highest BCUT2D eigenvalue weighted by Crippen LogP contribution is 2.26. The maximum atomic E-state index is 13.3. The average molecular weight is 552 g/mol. The van der Waals surface area contributed by atoms with Crippen LogP contribution in [0.25, 0.3) is 21.7 Å². The summed E-state index contributed by atoms with van der Waals surface area (Å²) >= 11 is 0. The zero-order valence-electron chi connectivity index (χ0n) is 22.6. The number of pyridine rings is 1. The fraction of sp³-hybridized carbons (Fsp3) is 0.242. The molecule has 0 N–H and O–H groups in total. The zero-order valence-corrected chi connectivity index (χ0v) is 23.4. The molecule has 1 aliphatic heterocycles. The number of benzene rings is 4. The van der Waals surface area contributed by atoms with Crippen LogP contribution in [0.1, 0.15) is 24.0 Å². The van der Waals surface area contributed by atoms with Crippen molar-refractivity contribution in [3.05, 3.63) is 114 Å². The molecular weight excluding hydrogens is 518 g/mol. The molecule has 204 valence electrons. The number of nitrogens with zero attached hydrogens (tertiary/aromatic N) is 3. The summed E-state index contributed by atoms with van der Waals surface area (Å²) in [6, 6.07) is 31.9. The van der Waals surface area contributed by atoms with Crippen LogP contribution in [0.15, 0.2) is 108 Å². The number of ether oxygens (including phenoxy) is 1. The average Bonchev–Trinajstić information content (AvgIpc) is 2.98. The quantitative estimate of drug-likeness (QED) is 0.228. The second-order valence-electron chi connectivity index (χ2n) is 10.6. The molecule has 0 saturated carbocycles. The van der Waals surface area contributed by atoms with Crippen LogP contribution >= 0.6 is 0 Å². The molecule has 0 atom stereocenters. The van der Waals surface area contributed by atoms with E-state index in [9.17, 15) is 8.42 Å². The minimum atomic E-state index is -3.53. The Labute approximate surface area is 235 Å². The lowest BCUT2D eigenvalue weighted by Crippen LogP contribution is -2.41. The molecule has 0 radical (unpaired) electrons. The predicted octanol–water partition coefficient (Wildman–Crippen LogP) is 6.25. The molecule has 5 aromatic rings. The minimum absolute atomic E-state index is 0.000953. The van der Waals surface area contributed by atoms with E-state index in [0.29, 0.717) is 30.8 Å². The van der Waals surface area contributed by atoms with Gasteiger partial charge in [-0.2, -0.15) is 4.31 Å². The fourth-order valence-electron chi connectivity index (χ4n) is 5.44. The van der Waals surface area contributed by atoms with Crippen molar-refractivity contribution in [2.24, 2.45) is 0 Å². The number of hydrogen-bond acceptors (Lipinski definition) is 5. The smallest absolute Gasteiger partial charge is 0.243 e. The summed E-state index contributed by atoms with van der Waals surface area (Å²) in [4.78, 5) is 7.04. The van der Waals surface area contributed by atoms with E-state index in [1.165, 1.54) is 11.1 Å². The van der Waals surface area contributed by atoms with Gasteiger partial charge in [0.2, 0.25) is 10.0 Å². The van der Waals surface area contributed by atoms with Crippen LogP contribution in [0.5, 0.6) is 5.75 Å². The van der Waals surface area contributed by atoms with Gasteiger partial charge in [-0.3, -0.25) is 9.88 Å². The first kappa shape index (κ1) is 26.4. The van der Waals surface area contributed by atoms with Crippen molar-refractivity contribution in [3.8, 4) is 5.75 Å². The highest BCUT2D eigenvalue weighted by molar-refractivity contribution is 7.89. The van der Waals surface area contributed by atoms with Crippen LogP contribution in [-0.4, -0.2) is 48.8 Å². The lowest BCUT2D eigenvalue weighted by atomic mass is 10.1. The van der Waals surface area contributed by atoms with Crippen molar-refractivity contribution >= 4 is 31.7 Å². The molecular formula is C33H33N3O3S. The largest absolute Gasteiger partial charge is 0.490 e. The Bertz CT molecular complexity index is 1730. The molecule has 40 heavy (non-hydrogen) atoms. The van der Waals surface area contributed by atoms with Gasteiger partial charge >= 0.3 is 0 Å². The second-order valence-corrected chi connectivity index (χ2v) is 12.5. The Morgan fingerprint density at radius 1 is 0.800 bits per heavy atom. The first-order valence-electron chi connectivity index (χ1n) is 13.7. The van der Waals surface area contributed by atoms with Gasteiger partial charge in [-0.25, -0.2) is 8.42 Å². The number of piperidine rings is 1. The van der Waals surface area contributed by atoms with Crippen molar-refractivity contribution in [1.29, 1.82) is 0 Å². The van der Waals surface area contributed by atoms with Gasteiger partial charge in [0, 0.05) is 37.8 Å². The van der Waals surface area contributed by atoms with Gasteiger partial charge in [0.15, 0.2) is 0 Å². The Morgan fingerprint density at radius 3 is 2.30 bits per heavy atom. The summed E-state index contributed by atoms with van der Waals surface area (Å²) in [6.07, 6.45) is 3.15. The van der Waals surface area contributed by atoms with Crippen LogP contribution in [-0.2, 0) is 23.1 Å². The Kier molecular flexibility index (Phi) is 7.52. The van der Waals surface area contributed by atoms with Gasteiger partial charge in [-0.1, -0.05) is 54.6 Å². The molecule has 0 aliphatic carbocycles. The fourth-order valence-corrected chi connectivity index (χ4v) is 6.94. The molecule has 4 aromatic carbocycles. The monoisotopic (exact) mass is 551 g/mol. The van der Waals surface area contributed by atoms with Gasteiger partial charge in [-0.15, -0.1) is 0 Å². The summed E-state index contributed by atoms with van der Waals surface area (Å²) in [5, 5.41) is 3.13. The van der Waals surface area contributed by atoms with Crippen LogP contribution in [0.2, 0.25) is 0 Å². The standard InChI is InChI=1S/C33H33N3O3S/c1-35(24-26-10-15-33-29(21-26)7-4-18-34-33)23-25-8-12-30(13-9-25)39-31-16-19-36(20-17-31)40(37,38)32-14-11-27-5-2-3-6-28(27)22-32/h2-15,18,21-22,31H,16-17,19-20,23-24H2,1H3. The summed E-state index contributed by atoms with van der Waals surface area (Å²) in [5.41, 5.74) is 3.49. The normalized spacial score (nSPS) is 15.2. The molecule has 0 unspecified atom stereocenters. The first-order valence-corrected chi connectivity index (χ1v) is 15.1. The van der Waals surface area contributed by atoms with Crippen molar-refractivity contribution in [2.45, 2.75) is 36.9 Å². The molecule has 0 spiro atoms. The molecule has 1 fully saturated rings. The Morgan fingerprint density at radius 2 is 1.50 bits per heavy atom. The van der Waals surface area contributed by atoms with E-state index in [1.807, 2.05) is 54.7 Å². The van der Waals surface area contributed by atoms with Crippen LogP contribution in [0.3, 0.4) is 0 Å². The van der Waals surface area contributed by atoms with E-state index in [0.717, 1.165) is 40.5 Å². The lowest BCUT2D eigenvalue weighted by molar-refractivity contribution is 0.135. The molecule has 1 aliphatic rings. The molecule has 1 saturated heterocycles. The van der Waals surface area contributed by atoms with Crippen molar-refractivity contribution in [1.82, 2.24) is 14.2 Å². The molecule has 1 aromatic heterocycles. The van der Waals surface area contributed by atoms with Crippen LogP contribution < -0.4 is 4.74 Å². The van der Waals surface area contributed by atoms with Gasteiger partial charge in [0.25, 0.3) is 0 Å². The lowest BCUT2D eigenvalue weighted by Gasteiger charge is -2.31. The van der Waals surface area contributed by atoms with E-state index in [2.05, 4.69) is 53.3 Å². The third kappa shape index (κ3) is 5.87. The van der Waals surface area contributed by atoms with E-state index >= 15 is 0 Å². The van der Waals surface area contributed by atoms with Crippen LogP contribution in [0, 0.1) is 0 Å². The second kappa shape index (κ2) is 11.4. The summed E-state index contributed by atoms with van der Waals surface area (Å²) < 4.78 is 34.4. The summed E-state index contributed by atoms with van der Waals surface area (Å²) in [7, 11) is -1.41. The highest BCUT2D eigenvalue weighted by atomic mass is 32.2. The van der Waals surface area contributed by atoms with Gasteiger partial charge in [0.1, 0.15) is 11.9 Å². The Balaban J connectivity index is 1.01. The number of fused-ring (bicyclic) bond motifs is 2. The van der Waals surface area contributed by atoms with Gasteiger partial charge in [-0.05, 0) is 84.3 Å². The van der Waals surface area contributed by atoms with E-state index in [1.54, 1.807) is 16.4 Å². The highest BCUT2D eigenvalue weighted by Gasteiger charge is 2.30. The van der Waals surface area contributed by atoms with E-state index in [4.69, 9.17) is 4.74 Å². The summed E-state index contributed by atoms with van der Waals surface area (Å²) in [6.45, 7) is 2.58. The maximum absolute atomic E-state index is 13.3. The van der Waals surface area contributed by atoms with Crippen molar-refractivity contribution in [2.75, 3.05) is 20.1 Å². The molecule has 7 heteroatoms. The summed E-state index contributed by atoms with van der Waals surface area (Å²) in [5.74, 6) is 0.823. The first-order chi connectivity index (χ1) is 19.4. The van der Waals surface area contributed by atoms with Crippen molar-refractivity contribution < 1.29 is 13.2 Å². The zero-order chi connectivity index (χ0) is 27.5.